The van der Waals surface area contributed by atoms with Crippen molar-refractivity contribution in [2.24, 2.45) is 4.99 Å². The number of halogens is 1. The lowest BCUT2D eigenvalue weighted by molar-refractivity contribution is 0.284. The van der Waals surface area contributed by atoms with Crippen molar-refractivity contribution >= 4 is 34.2 Å². The highest BCUT2D eigenvalue weighted by molar-refractivity contribution is 7.16. The summed E-state index contributed by atoms with van der Waals surface area (Å²) in [5.74, 6) is 1.22. The second-order valence-corrected chi connectivity index (χ2v) is 8.51. The molecule has 4 rings (SSSR count). The lowest BCUT2D eigenvalue weighted by atomic mass is 9.96. The summed E-state index contributed by atoms with van der Waals surface area (Å²) in [7, 11) is 1.61. The lowest BCUT2D eigenvalue weighted by Gasteiger charge is -2.13. The van der Waals surface area contributed by atoms with Crippen molar-refractivity contribution in [3.8, 4) is 17.6 Å². The number of rotatable bonds is 6. The minimum Gasteiger partial charge on any atom is -0.493 e. The van der Waals surface area contributed by atoms with Gasteiger partial charge in [-0.15, -0.1) is 11.3 Å². The smallest absolute Gasteiger partial charge is 0.170 e. The lowest BCUT2D eigenvalue weighted by Crippen LogP contribution is -2.01. The molecule has 1 aromatic heterocycles. The fourth-order valence-corrected chi connectivity index (χ4v) is 4.97. The first-order chi connectivity index (χ1) is 14.7. The van der Waals surface area contributed by atoms with E-state index < -0.39 is 0 Å². The van der Waals surface area contributed by atoms with Crippen LogP contribution in [-0.4, -0.2) is 13.3 Å². The van der Waals surface area contributed by atoms with Crippen molar-refractivity contribution in [3.63, 3.8) is 0 Å². The van der Waals surface area contributed by atoms with E-state index in [2.05, 4.69) is 11.1 Å². The molecule has 1 aliphatic rings. The first-order valence-corrected chi connectivity index (χ1v) is 11.0. The zero-order chi connectivity index (χ0) is 20.9. The molecule has 1 heterocycles. The minimum absolute atomic E-state index is 0.317. The van der Waals surface area contributed by atoms with E-state index in [4.69, 9.17) is 21.1 Å². The summed E-state index contributed by atoms with van der Waals surface area (Å²) in [6, 6.07) is 15.6. The molecule has 0 atom stereocenters. The van der Waals surface area contributed by atoms with Gasteiger partial charge in [0.1, 0.15) is 17.7 Å². The van der Waals surface area contributed by atoms with Crippen LogP contribution in [-0.2, 0) is 19.4 Å². The summed E-state index contributed by atoms with van der Waals surface area (Å²) in [6.07, 6.45) is 6.07. The predicted octanol–water partition coefficient (Wildman–Crippen LogP) is 6.49. The highest BCUT2D eigenvalue weighted by atomic mass is 35.5. The van der Waals surface area contributed by atoms with Gasteiger partial charge in [-0.1, -0.05) is 35.9 Å². The molecule has 0 aliphatic heterocycles. The third-order valence-electron chi connectivity index (χ3n) is 5.14. The minimum atomic E-state index is 0.317. The second-order valence-electron chi connectivity index (χ2n) is 7.02. The van der Waals surface area contributed by atoms with Gasteiger partial charge in [0.2, 0.25) is 0 Å². The van der Waals surface area contributed by atoms with Crippen molar-refractivity contribution in [2.45, 2.75) is 32.3 Å². The Balaban J connectivity index is 1.64. The van der Waals surface area contributed by atoms with Crippen molar-refractivity contribution < 1.29 is 9.47 Å². The molecule has 0 saturated heterocycles. The maximum absolute atomic E-state index is 9.66. The topological polar surface area (TPSA) is 54.6 Å². The van der Waals surface area contributed by atoms with Gasteiger partial charge in [0.05, 0.1) is 12.7 Å². The Bertz CT molecular complexity index is 1130. The van der Waals surface area contributed by atoms with Crippen LogP contribution in [0.15, 0.2) is 47.5 Å². The van der Waals surface area contributed by atoms with Crippen LogP contribution in [0.5, 0.6) is 11.5 Å². The average molecular weight is 437 g/mol. The van der Waals surface area contributed by atoms with Gasteiger partial charge in [-0.3, -0.25) is 0 Å². The van der Waals surface area contributed by atoms with Gasteiger partial charge in [0.25, 0.3) is 0 Å². The zero-order valence-corrected chi connectivity index (χ0v) is 18.2. The number of fused-ring (bicyclic) bond motifs is 1. The second kappa shape index (κ2) is 9.34. The fourth-order valence-electron chi connectivity index (χ4n) is 3.60. The normalized spacial score (nSPS) is 13.1. The van der Waals surface area contributed by atoms with Crippen LogP contribution < -0.4 is 9.47 Å². The van der Waals surface area contributed by atoms with Gasteiger partial charge in [-0.2, -0.15) is 5.26 Å². The molecule has 0 radical (unpaired) electrons. The van der Waals surface area contributed by atoms with Crippen LogP contribution in [0.1, 0.15) is 40.0 Å². The van der Waals surface area contributed by atoms with Crippen molar-refractivity contribution in [2.75, 3.05) is 7.11 Å². The summed E-state index contributed by atoms with van der Waals surface area (Å²) in [6.45, 7) is 0.317. The largest absolute Gasteiger partial charge is 0.493 e. The molecular formula is C24H21ClN2O2S. The third-order valence-corrected chi connectivity index (χ3v) is 6.71. The molecule has 0 saturated carbocycles. The summed E-state index contributed by atoms with van der Waals surface area (Å²) in [5.41, 5.74) is 3.58. The molecule has 0 amide bonds. The molecule has 0 N–H and O–H groups in total. The highest BCUT2D eigenvalue weighted by Gasteiger charge is 2.20. The van der Waals surface area contributed by atoms with E-state index in [9.17, 15) is 5.26 Å². The number of nitrogens with zero attached hydrogens (tertiary/aromatic N) is 2. The Morgan fingerprint density at radius 3 is 2.80 bits per heavy atom. The number of hydrogen-bond donors (Lipinski definition) is 0. The number of para-hydroxylation sites is 1. The maximum Gasteiger partial charge on any atom is 0.170 e. The van der Waals surface area contributed by atoms with Gasteiger partial charge in [-0.25, -0.2) is 4.99 Å². The molecule has 6 heteroatoms. The zero-order valence-electron chi connectivity index (χ0n) is 16.7. The number of ether oxygens (including phenoxy) is 2. The van der Waals surface area contributed by atoms with Crippen LogP contribution in [0.3, 0.4) is 0 Å². The molecule has 0 bridgehead atoms. The SMILES string of the molecule is COc1cccc(C=Nc2sc3c(c2C#N)CCCC3)c1OCc1ccccc1Cl. The van der Waals surface area contributed by atoms with Gasteiger partial charge >= 0.3 is 0 Å². The van der Waals surface area contributed by atoms with E-state index in [0.717, 1.165) is 35.4 Å². The van der Waals surface area contributed by atoms with Gasteiger partial charge in [0, 0.05) is 27.2 Å². The maximum atomic E-state index is 9.66. The molecule has 0 unspecified atom stereocenters. The molecular weight excluding hydrogens is 416 g/mol. The summed E-state index contributed by atoms with van der Waals surface area (Å²) in [5, 5.41) is 11.1. The van der Waals surface area contributed by atoms with E-state index >= 15 is 0 Å². The van der Waals surface area contributed by atoms with Crippen LogP contribution in [0.4, 0.5) is 5.00 Å². The average Bonchev–Trinajstić information content (AvgIpc) is 3.14. The van der Waals surface area contributed by atoms with Gasteiger partial charge in [-0.05, 0) is 49.4 Å². The van der Waals surface area contributed by atoms with Crippen molar-refractivity contribution in [1.82, 2.24) is 0 Å². The number of methoxy groups -OCH3 is 1. The van der Waals surface area contributed by atoms with Gasteiger partial charge < -0.3 is 9.47 Å². The molecule has 4 nitrogen and oxygen atoms in total. The van der Waals surface area contributed by atoms with E-state index in [1.807, 2.05) is 42.5 Å². The number of nitriles is 1. The quantitative estimate of drug-likeness (QED) is 0.415. The van der Waals surface area contributed by atoms with E-state index in [0.29, 0.717) is 28.7 Å². The first-order valence-electron chi connectivity index (χ1n) is 9.83. The van der Waals surface area contributed by atoms with E-state index in [1.165, 1.54) is 16.9 Å². The Hall–Kier alpha value is -2.81. The summed E-state index contributed by atoms with van der Waals surface area (Å²) in [4.78, 5) is 5.97. The summed E-state index contributed by atoms with van der Waals surface area (Å²) < 4.78 is 11.6. The van der Waals surface area contributed by atoms with Gasteiger partial charge in [0.15, 0.2) is 11.5 Å². The van der Waals surface area contributed by atoms with Crippen LogP contribution >= 0.6 is 22.9 Å². The number of aliphatic imine (C=N–C) groups is 1. The van der Waals surface area contributed by atoms with E-state index in [1.54, 1.807) is 24.7 Å². The van der Waals surface area contributed by atoms with Crippen LogP contribution in [0.2, 0.25) is 5.02 Å². The third kappa shape index (κ3) is 4.21. The highest BCUT2D eigenvalue weighted by Crippen LogP contribution is 2.40. The fraction of sp³-hybridized carbons (Fsp3) is 0.250. The Morgan fingerprint density at radius 1 is 1.17 bits per heavy atom. The molecule has 0 spiro atoms. The molecule has 0 fully saturated rings. The number of aryl methyl sites for hydroxylation is 1. The molecule has 3 aromatic rings. The monoisotopic (exact) mass is 436 g/mol. The Kier molecular flexibility index (Phi) is 6.37. The van der Waals surface area contributed by atoms with Crippen molar-refractivity contribution in [1.29, 1.82) is 5.26 Å². The molecule has 1 aliphatic carbocycles. The van der Waals surface area contributed by atoms with Crippen LogP contribution in [0.25, 0.3) is 0 Å². The van der Waals surface area contributed by atoms with E-state index in [-0.39, 0.29) is 0 Å². The first kappa shape index (κ1) is 20.5. The standard InChI is InChI=1S/C24H21ClN2O2S/c1-28-21-11-6-8-16(23(21)29-15-17-7-2-4-10-20(17)25)14-27-24-19(13-26)18-9-3-5-12-22(18)30-24/h2,4,6-8,10-11,14H,3,5,9,12,15H2,1H3. The molecule has 30 heavy (non-hydrogen) atoms. The number of benzene rings is 2. The summed E-state index contributed by atoms with van der Waals surface area (Å²) >= 11 is 7.89. The number of thiophene rings is 1. The Labute approximate surface area is 185 Å². The number of hydrogen-bond acceptors (Lipinski definition) is 5. The molecule has 152 valence electrons. The van der Waals surface area contributed by atoms with Crippen molar-refractivity contribution in [3.05, 3.63) is 74.6 Å². The molecule has 2 aromatic carbocycles. The van der Waals surface area contributed by atoms with Crippen LogP contribution in [0, 0.1) is 11.3 Å². The predicted molar refractivity (Wildman–Crippen MR) is 122 cm³/mol. The Morgan fingerprint density at radius 2 is 2.00 bits per heavy atom.